The predicted molar refractivity (Wildman–Crippen MR) is 83.1 cm³/mol. The highest BCUT2D eigenvalue weighted by atomic mass is 32.1. The van der Waals surface area contributed by atoms with E-state index < -0.39 is 0 Å². The minimum Gasteiger partial charge on any atom is -0.296 e. The van der Waals surface area contributed by atoms with Gasteiger partial charge in [-0.2, -0.15) is 5.10 Å². The molecule has 114 valence electrons. The minimum atomic E-state index is 0.370. The van der Waals surface area contributed by atoms with Crippen LogP contribution >= 0.6 is 11.3 Å². The summed E-state index contributed by atoms with van der Waals surface area (Å²) in [7, 11) is 0. The molecule has 0 N–H and O–H groups in total. The lowest BCUT2D eigenvalue weighted by Crippen LogP contribution is -2.45. The van der Waals surface area contributed by atoms with Crippen molar-refractivity contribution in [3.8, 4) is 0 Å². The second-order valence-corrected chi connectivity index (χ2v) is 6.71. The van der Waals surface area contributed by atoms with Gasteiger partial charge in [-0.15, -0.1) is 11.3 Å². The molecule has 0 atom stereocenters. The summed E-state index contributed by atoms with van der Waals surface area (Å²) in [5.41, 5.74) is 1.91. The minimum absolute atomic E-state index is 0.370. The summed E-state index contributed by atoms with van der Waals surface area (Å²) in [4.78, 5) is 14.9. The van der Waals surface area contributed by atoms with E-state index in [1.165, 1.54) is 4.88 Å². The number of aromatic nitrogens is 4. The first-order valence-corrected chi connectivity index (χ1v) is 8.31. The number of nitrogens with zero attached hydrogens (tertiary/aromatic N) is 6. The molecule has 2 aromatic rings. The Balaban J connectivity index is 1.50. The van der Waals surface area contributed by atoms with E-state index in [0.717, 1.165) is 45.1 Å². The van der Waals surface area contributed by atoms with Crippen molar-refractivity contribution in [1.29, 1.82) is 0 Å². The van der Waals surface area contributed by atoms with Crippen LogP contribution in [0.4, 0.5) is 0 Å². The van der Waals surface area contributed by atoms with Gasteiger partial charge in [0, 0.05) is 49.8 Å². The van der Waals surface area contributed by atoms with Crippen molar-refractivity contribution in [1.82, 2.24) is 29.5 Å². The number of rotatable bonds is 5. The number of piperazine rings is 1. The first kappa shape index (κ1) is 14.6. The van der Waals surface area contributed by atoms with Crippen LogP contribution in [0.5, 0.6) is 0 Å². The van der Waals surface area contributed by atoms with Crippen molar-refractivity contribution in [3.05, 3.63) is 28.7 Å². The van der Waals surface area contributed by atoms with Gasteiger partial charge in [0.1, 0.15) is 12.2 Å². The highest BCUT2D eigenvalue weighted by molar-refractivity contribution is 7.09. The van der Waals surface area contributed by atoms with Gasteiger partial charge in [0.25, 0.3) is 0 Å². The third-order valence-corrected chi connectivity index (χ3v) is 4.59. The fourth-order valence-electron chi connectivity index (χ4n) is 2.66. The largest absolute Gasteiger partial charge is 0.296 e. The third-order valence-electron chi connectivity index (χ3n) is 3.83. The molecule has 0 unspecified atom stereocenters. The van der Waals surface area contributed by atoms with E-state index in [1.807, 2.05) is 16.4 Å². The Hall–Kier alpha value is -1.31. The number of thiazole rings is 1. The van der Waals surface area contributed by atoms with E-state index in [-0.39, 0.29) is 0 Å². The van der Waals surface area contributed by atoms with Crippen LogP contribution in [0.3, 0.4) is 0 Å². The van der Waals surface area contributed by atoms with Gasteiger partial charge in [-0.05, 0) is 13.8 Å². The second-order valence-electron chi connectivity index (χ2n) is 5.73. The molecule has 0 aromatic carbocycles. The molecule has 21 heavy (non-hydrogen) atoms. The van der Waals surface area contributed by atoms with Crippen LogP contribution in [-0.2, 0) is 13.1 Å². The normalized spacial score (nSPS) is 17.7. The van der Waals surface area contributed by atoms with Crippen LogP contribution in [0.15, 0.2) is 18.0 Å². The van der Waals surface area contributed by atoms with Crippen LogP contribution in [0.25, 0.3) is 0 Å². The molecule has 0 saturated carbocycles. The van der Waals surface area contributed by atoms with Crippen LogP contribution in [-0.4, -0.2) is 55.7 Å². The summed E-state index contributed by atoms with van der Waals surface area (Å²) in [6, 6.07) is 0.370. The van der Waals surface area contributed by atoms with Crippen molar-refractivity contribution in [3.63, 3.8) is 0 Å². The van der Waals surface area contributed by atoms with E-state index in [9.17, 15) is 0 Å². The molecule has 0 aliphatic carbocycles. The maximum Gasteiger partial charge on any atom is 0.141 e. The Morgan fingerprint density at radius 2 is 1.86 bits per heavy atom. The molecule has 0 spiro atoms. The van der Waals surface area contributed by atoms with Crippen LogP contribution < -0.4 is 0 Å². The Labute approximate surface area is 129 Å². The lowest BCUT2D eigenvalue weighted by molar-refractivity contribution is 0.119. The Morgan fingerprint density at radius 1 is 1.14 bits per heavy atom. The fraction of sp³-hybridized carbons (Fsp3) is 0.643. The molecule has 0 bridgehead atoms. The Kier molecular flexibility index (Phi) is 4.62. The van der Waals surface area contributed by atoms with E-state index >= 15 is 0 Å². The highest BCUT2D eigenvalue weighted by Crippen LogP contribution is 2.14. The average molecular weight is 306 g/mol. The summed E-state index contributed by atoms with van der Waals surface area (Å²) in [5.74, 6) is 1.07. The summed E-state index contributed by atoms with van der Waals surface area (Å²) >= 11 is 1.74. The smallest absolute Gasteiger partial charge is 0.141 e. The van der Waals surface area contributed by atoms with E-state index in [0.29, 0.717) is 6.04 Å². The molecule has 3 rings (SSSR count). The molecule has 0 radical (unpaired) electrons. The first-order valence-electron chi connectivity index (χ1n) is 7.43. The lowest BCUT2D eigenvalue weighted by Gasteiger charge is -2.34. The van der Waals surface area contributed by atoms with Gasteiger partial charge in [-0.25, -0.2) is 9.67 Å². The summed E-state index contributed by atoms with van der Waals surface area (Å²) < 4.78 is 2.02. The van der Waals surface area contributed by atoms with E-state index in [2.05, 4.69) is 38.7 Å². The maximum atomic E-state index is 4.40. The van der Waals surface area contributed by atoms with Crippen LogP contribution in [0.2, 0.25) is 0 Å². The SMILES string of the molecule is CC(C)n1ncnc1CN1CCN(Cc2cncs2)CC1. The van der Waals surface area contributed by atoms with E-state index in [4.69, 9.17) is 0 Å². The monoisotopic (exact) mass is 306 g/mol. The molecule has 2 aromatic heterocycles. The van der Waals surface area contributed by atoms with Gasteiger partial charge >= 0.3 is 0 Å². The van der Waals surface area contributed by atoms with Crippen molar-refractivity contribution in [2.45, 2.75) is 33.0 Å². The summed E-state index contributed by atoms with van der Waals surface area (Å²) in [5, 5.41) is 4.31. The Bertz CT molecular complexity index is 542. The summed E-state index contributed by atoms with van der Waals surface area (Å²) in [6.07, 6.45) is 3.64. The second kappa shape index (κ2) is 6.64. The lowest BCUT2D eigenvalue weighted by atomic mass is 10.3. The number of hydrogen-bond acceptors (Lipinski definition) is 6. The molecule has 1 fully saturated rings. The van der Waals surface area contributed by atoms with Gasteiger partial charge in [0.05, 0.1) is 12.1 Å². The van der Waals surface area contributed by atoms with Gasteiger partial charge in [0.15, 0.2) is 0 Å². The zero-order valence-corrected chi connectivity index (χ0v) is 13.5. The van der Waals surface area contributed by atoms with Crippen molar-refractivity contribution >= 4 is 11.3 Å². The topological polar surface area (TPSA) is 50.1 Å². The van der Waals surface area contributed by atoms with E-state index in [1.54, 1.807) is 17.7 Å². The van der Waals surface area contributed by atoms with Gasteiger partial charge in [-0.1, -0.05) is 0 Å². The van der Waals surface area contributed by atoms with Crippen molar-refractivity contribution < 1.29 is 0 Å². The van der Waals surface area contributed by atoms with Crippen LogP contribution in [0.1, 0.15) is 30.6 Å². The maximum absolute atomic E-state index is 4.40. The summed E-state index contributed by atoms with van der Waals surface area (Å²) in [6.45, 7) is 10.6. The molecule has 1 aliphatic heterocycles. The molecule has 0 amide bonds. The predicted octanol–water partition coefficient (Wildman–Crippen LogP) is 1.63. The molecular formula is C14H22N6S. The zero-order valence-electron chi connectivity index (χ0n) is 12.6. The quantitative estimate of drug-likeness (QED) is 0.840. The van der Waals surface area contributed by atoms with Gasteiger partial charge in [0.2, 0.25) is 0 Å². The fourth-order valence-corrected chi connectivity index (χ4v) is 3.30. The first-order chi connectivity index (χ1) is 10.2. The number of hydrogen-bond donors (Lipinski definition) is 0. The van der Waals surface area contributed by atoms with Gasteiger partial charge < -0.3 is 0 Å². The van der Waals surface area contributed by atoms with Gasteiger partial charge in [-0.3, -0.25) is 14.8 Å². The molecule has 1 aliphatic rings. The standard InChI is InChI=1S/C14H22N6S/c1-12(2)20-14(16-10-17-20)9-19-5-3-18(4-6-19)8-13-7-15-11-21-13/h7,10-12H,3-6,8-9H2,1-2H3. The third kappa shape index (κ3) is 3.66. The highest BCUT2D eigenvalue weighted by Gasteiger charge is 2.19. The zero-order chi connectivity index (χ0) is 14.7. The van der Waals surface area contributed by atoms with Crippen molar-refractivity contribution in [2.24, 2.45) is 0 Å². The molecule has 7 heteroatoms. The molecule has 3 heterocycles. The van der Waals surface area contributed by atoms with Crippen molar-refractivity contribution in [2.75, 3.05) is 26.2 Å². The molecular weight excluding hydrogens is 284 g/mol. The molecule has 1 saturated heterocycles. The Morgan fingerprint density at radius 3 is 2.48 bits per heavy atom. The molecule has 6 nitrogen and oxygen atoms in total. The average Bonchev–Trinajstić information content (AvgIpc) is 3.12. The van der Waals surface area contributed by atoms with Crippen LogP contribution in [0, 0.1) is 0 Å².